The van der Waals surface area contributed by atoms with Crippen LogP contribution in [0.15, 0.2) is 48.2 Å². The average Bonchev–Trinajstić information content (AvgIpc) is 3.46. The fraction of sp³-hybridized carbons (Fsp3) is 0.480. The van der Waals surface area contributed by atoms with Crippen LogP contribution in [0.1, 0.15) is 23.2 Å². The van der Waals surface area contributed by atoms with Crippen LogP contribution < -0.4 is 10.1 Å². The number of methoxy groups -OCH3 is 2. The molecule has 36 heavy (non-hydrogen) atoms. The molecule has 196 valence electrons. The standard InChI is InChI=1S/C25H33N3O8/c1-27(22-12-8-14-34-22)25(31)36-17-19(32-2)16-35-24(30)26-15-18-9-6-7-13-28(18)23(29)20-10-4-5-11-21(20)33-3/h4-7,9-11,19,22H,8,12-17H2,1-3H3,(H,26,30). The molecule has 1 saturated heterocycles. The number of rotatable bonds is 10. The first-order chi connectivity index (χ1) is 17.4. The Morgan fingerprint density at radius 1 is 1.19 bits per heavy atom. The minimum absolute atomic E-state index is 0.0723. The Morgan fingerprint density at radius 3 is 2.69 bits per heavy atom. The molecule has 1 fully saturated rings. The number of hydrogen-bond acceptors (Lipinski definition) is 8. The van der Waals surface area contributed by atoms with Gasteiger partial charge in [-0.15, -0.1) is 0 Å². The largest absolute Gasteiger partial charge is 0.496 e. The summed E-state index contributed by atoms with van der Waals surface area (Å²) >= 11 is 0. The normalized spacial score (nSPS) is 17.7. The smallest absolute Gasteiger partial charge is 0.411 e. The van der Waals surface area contributed by atoms with E-state index in [9.17, 15) is 14.4 Å². The van der Waals surface area contributed by atoms with Crippen molar-refractivity contribution >= 4 is 18.1 Å². The van der Waals surface area contributed by atoms with Crippen LogP contribution in [-0.4, -0.2) is 94.4 Å². The van der Waals surface area contributed by atoms with Crippen molar-refractivity contribution in [3.8, 4) is 5.75 Å². The molecule has 11 nitrogen and oxygen atoms in total. The quantitative estimate of drug-likeness (QED) is 0.518. The van der Waals surface area contributed by atoms with Gasteiger partial charge in [-0.2, -0.15) is 0 Å². The summed E-state index contributed by atoms with van der Waals surface area (Å²) in [5.74, 6) is 0.226. The van der Waals surface area contributed by atoms with Crippen molar-refractivity contribution in [3.63, 3.8) is 0 Å². The number of nitrogens with zero attached hydrogens (tertiary/aromatic N) is 2. The second-order valence-corrected chi connectivity index (χ2v) is 8.17. The highest BCUT2D eigenvalue weighted by Gasteiger charge is 2.26. The van der Waals surface area contributed by atoms with Crippen molar-refractivity contribution in [3.05, 3.63) is 53.8 Å². The summed E-state index contributed by atoms with van der Waals surface area (Å²) in [5.41, 5.74) is 1.02. The van der Waals surface area contributed by atoms with E-state index >= 15 is 0 Å². The molecule has 2 aliphatic rings. The minimum Gasteiger partial charge on any atom is -0.496 e. The Labute approximate surface area is 210 Å². The number of nitrogens with one attached hydrogen (secondary N) is 1. The number of ether oxygens (including phenoxy) is 5. The highest BCUT2D eigenvalue weighted by Crippen LogP contribution is 2.22. The van der Waals surface area contributed by atoms with Crippen molar-refractivity contribution in [2.75, 3.05) is 54.2 Å². The lowest BCUT2D eigenvalue weighted by molar-refractivity contribution is -0.0335. The average molecular weight is 504 g/mol. The number of alkyl carbamates (subject to hydrolysis) is 1. The maximum atomic E-state index is 13.1. The Balaban J connectivity index is 1.45. The van der Waals surface area contributed by atoms with Gasteiger partial charge < -0.3 is 33.9 Å². The molecule has 1 aromatic carbocycles. The Bertz CT molecular complexity index is 974. The first-order valence-electron chi connectivity index (χ1n) is 11.7. The van der Waals surface area contributed by atoms with Crippen molar-refractivity contribution in [2.45, 2.75) is 25.2 Å². The van der Waals surface area contributed by atoms with E-state index in [-0.39, 0.29) is 31.9 Å². The van der Waals surface area contributed by atoms with Gasteiger partial charge in [-0.05, 0) is 31.1 Å². The number of carbonyl (C=O) groups excluding carboxylic acids is 3. The van der Waals surface area contributed by atoms with Gasteiger partial charge in [0, 0.05) is 33.0 Å². The third-order valence-corrected chi connectivity index (χ3v) is 5.81. The van der Waals surface area contributed by atoms with E-state index in [2.05, 4.69) is 5.32 Å². The highest BCUT2D eigenvalue weighted by molar-refractivity contribution is 5.98. The van der Waals surface area contributed by atoms with Gasteiger partial charge in [-0.1, -0.05) is 24.3 Å². The molecule has 0 bridgehead atoms. The van der Waals surface area contributed by atoms with Gasteiger partial charge in [-0.3, -0.25) is 9.69 Å². The summed E-state index contributed by atoms with van der Waals surface area (Å²) in [6, 6.07) is 6.96. The van der Waals surface area contributed by atoms with E-state index in [1.54, 1.807) is 42.3 Å². The third kappa shape index (κ3) is 7.22. The van der Waals surface area contributed by atoms with Crippen LogP contribution in [0.25, 0.3) is 0 Å². The SMILES string of the molecule is COc1ccccc1C(=O)N1CC=CC=C1CNC(=O)OCC(COC(=O)N(C)C1CCCO1)OC. The number of hydrogen-bond donors (Lipinski definition) is 1. The Kier molecular flexibility index (Phi) is 10.1. The number of amides is 3. The van der Waals surface area contributed by atoms with Crippen LogP contribution in [-0.2, 0) is 18.9 Å². The second-order valence-electron chi connectivity index (χ2n) is 8.17. The summed E-state index contributed by atoms with van der Waals surface area (Å²) in [5, 5.41) is 2.64. The predicted molar refractivity (Wildman–Crippen MR) is 129 cm³/mol. The molecule has 3 rings (SSSR count). The van der Waals surface area contributed by atoms with Gasteiger partial charge in [0.05, 0.1) is 19.2 Å². The monoisotopic (exact) mass is 503 g/mol. The first kappa shape index (κ1) is 27.0. The van der Waals surface area contributed by atoms with Crippen molar-refractivity contribution in [1.82, 2.24) is 15.1 Å². The molecule has 0 aliphatic carbocycles. The molecule has 1 aromatic rings. The molecule has 1 N–H and O–H groups in total. The zero-order valence-corrected chi connectivity index (χ0v) is 20.8. The van der Waals surface area contributed by atoms with E-state index in [4.69, 9.17) is 23.7 Å². The zero-order valence-electron chi connectivity index (χ0n) is 20.8. The summed E-state index contributed by atoms with van der Waals surface area (Å²) in [4.78, 5) is 40.5. The zero-order chi connectivity index (χ0) is 25.9. The molecule has 2 unspecified atom stereocenters. The van der Waals surface area contributed by atoms with Gasteiger partial charge in [0.25, 0.3) is 5.91 Å². The molecule has 2 heterocycles. The maximum Gasteiger partial charge on any atom is 0.411 e. The van der Waals surface area contributed by atoms with Crippen LogP contribution in [0.5, 0.6) is 5.75 Å². The number of para-hydroxylation sites is 1. The van der Waals surface area contributed by atoms with Gasteiger partial charge in [0.1, 0.15) is 31.3 Å². The van der Waals surface area contributed by atoms with Gasteiger partial charge in [0.2, 0.25) is 0 Å². The van der Waals surface area contributed by atoms with Crippen LogP contribution in [0.3, 0.4) is 0 Å². The molecule has 3 amide bonds. The fourth-order valence-corrected chi connectivity index (χ4v) is 3.70. The summed E-state index contributed by atoms with van der Waals surface area (Å²) in [7, 11) is 4.55. The summed E-state index contributed by atoms with van der Waals surface area (Å²) in [6.07, 6.45) is 4.90. The van der Waals surface area contributed by atoms with Gasteiger partial charge in [0.15, 0.2) is 0 Å². The van der Waals surface area contributed by atoms with Crippen molar-refractivity contribution in [2.24, 2.45) is 0 Å². The highest BCUT2D eigenvalue weighted by atomic mass is 16.6. The van der Waals surface area contributed by atoms with Crippen LogP contribution in [0, 0.1) is 0 Å². The molecule has 2 aliphatic heterocycles. The molecule has 0 saturated carbocycles. The molecule has 0 radical (unpaired) electrons. The number of carbonyl (C=O) groups is 3. The van der Waals surface area contributed by atoms with E-state index in [1.807, 2.05) is 12.2 Å². The third-order valence-electron chi connectivity index (χ3n) is 5.81. The van der Waals surface area contributed by atoms with E-state index in [0.717, 1.165) is 12.8 Å². The number of allylic oxidation sites excluding steroid dienone is 2. The lowest BCUT2D eigenvalue weighted by Crippen LogP contribution is -2.40. The second kappa shape index (κ2) is 13.5. The molecular weight excluding hydrogens is 470 g/mol. The van der Waals surface area contributed by atoms with Crippen LogP contribution >= 0.6 is 0 Å². The van der Waals surface area contributed by atoms with Gasteiger partial charge in [-0.25, -0.2) is 9.59 Å². The number of benzene rings is 1. The molecule has 0 spiro atoms. The lowest BCUT2D eigenvalue weighted by atomic mass is 10.1. The lowest BCUT2D eigenvalue weighted by Gasteiger charge is -2.27. The van der Waals surface area contributed by atoms with E-state index in [1.165, 1.54) is 19.1 Å². The minimum atomic E-state index is -0.694. The van der Waals surface area contributed by atoms with E-state index < -0.39 is 18.3 Å². The Hall–Kier alpha value is -3.57. The topological polar surface area (TPSA) is 116 Å². The van der Waals surface area contributed by atoms with Crippen LogP contribution in [0.2, 0.25) is 0 Å². The molecule has 2 atom stereocenters. The maximum absolute atomic E-state index is 13.1. The van der Waals surface area contributed by atoms with Gasteiger partial charge >= 0.3 is 12.2 Å². The van der Waals surface area contributed by atoms with Crippen molar-refractivity contribution < 1.29 is 38.1 Å². The van der Waals surface area contributed by atoms with Crippen molar-refractivity contribution in [1.29, 1.82) is 0 Å². The summed E-state index contributed by atoms with van der Waals surface area (Å²) in [6.45, 7) is 0.837. The molecule has 0 aromatic heterocycles. The fourth-order valence-electron chi connectivity index (χ4n) is 3.70. The molecular formula is C25H33N3O8. The Morgan fingerprint density at radius 2 is 1.97 bits per heavy atom. The predicted octanol–water partition coefficient (Wildman–Crippen LogP) is 2.54. The first-order valence-corrected chi connectivity index (χ1v) is 11.7. The van der Waals surface area contributed by atoms with E-state index in [0.29, 0.717) is 30.2 Å². The molecule has 11 heteroatoms. The van der Waals surface area contributed by atoms with Crippen LogP contribution in [0.4, 0.5) is 9.59 Å². The summed E-state index contributed by atoms with van der Waals surface area (Å²) < 4.78 is 26.5.